The number of nitrogens with zero attached hydrogens (tertiary/aromatic N) is 2. The van der Waals surface area contributed by atoms with Crippen LogP contribution in [0.15, 0.2) is 30.3 Å². The monoisotopic (exact) mass is 732 g/mol. The second-order valence-corrected chi connectivity index (χ2v) is 13.1. The minimum absolute atomic E-state index is 0. The predicted octanol–water partition coefficient (Wildman–Crippen LogP) is 5.55. The number of unbranched alkanes of at least 4 members (excludes halogenated alkanes) is 15. The summed E-state index contributed by atoms with van der Waals surface area (Å²) in [5, 5.41) is 0. The third-order valence-corrected chi connectivity index (χ3v) is 7.76. The fourth-order valence-electron chi connectivity index (χ4n) is 4.92. The Bertz CT molecular complexity index is 818. The molecule has 7 nitrogen and oxygen atoms in total. The maximum absolute atomic E-state index is 12.7. The lowest BCUT2D eigenvalue weighted by atomic mass is 10.0. The van der Waals surface area contributed by atoms with E-state index in [4.69, 9.17) is 14.2 Å². The van der Waals surface area contributed by atoms with Gasteiger partial charge >= 0.3 is 6.09 Å². The lowest BCUT2D eigenvalue weighted by molar-refractivity contribution is -0.869. The maximum atomic E-state index is 12.7. The molecule has 1 atom stereocenters. The van der Waals surface area contributed by atoms with E-state index in [0.29, 0.717) is 37.4 Å². The lowest BCUT2D eigenvalue weighted by Gasteiger charge is -2.27. The minimum atomic E-state index is -0.632. The molecule has 44 heavy (non-hydrogen) atoms. The highest BCUT2D eigenvalue weighted by Crippen LogP contribution is 2.14. The van der Waals surface area contributed by atoms with E-state index in [2.05, 4.69) is 6.92 Å². The van der Waals surface area contributed by atoms with Crippen molar-refractivity contribution >= 4 is 12.0 Å². The fourth-order valence-corrected chi connectivity index (χ4v) is 4.92. The Morgan fingerprint density at radius 1 is 0.750 bits per heavy atom. The summed E-state index contributed by atoms with van der Waals surface area (Å²) in [4.78, 5) is 25.9. The third kappa shape index (κ3) is 25.0. The van der Waals surface area contributed by atoms with Gasteiger partial charge in [0.2, 0.25) is 5.91 Å². The fraction of sp³-hybridized carbons (Fsp3) is 0.778. The summed E-state index contributed by atoms with van der Waals surface area (Å²) in [5.74, 6) is -0.319. The highest BCUT2D eigenvalue weighted by molar-refractivity contribution is 5.90. The molecule has 0 aromatic heterocycles. The molecule has 0 heterocycles. The van der Waals surface area contributed by atoms with Crippen LogP contribution in [0.25, 0.3) is 0 Å². The number of imide groups is 1. The van der Waals surface area contributed by atoms with Crippen LogP contribution >= 0.6 is 0 Å². The zero-order valence-electron chi connectivity index (χ0n) is 28.8. The molecule has 1 aromatic rings. The SMILES string of the molecule is CCCCCCCCCCCCCCCCCCOCC(COC(=O)N(CC[N+](C)(C)C)C(C)=O)OCc1ccccc1.[I-]. The first-order valence-electron chi connectivity index (χ1n) is 17.2. The summed E-state index contributed by atoms with van der Waals surface area (Å²) in [7, 11) is 6.06. The van der Waals surface area contributed by atoms with Gasteiger partial charge in [-0.3, -0.25) is 4.79 Å². The van der Waals surface area contributed by atoms with Gasteiger partial charge in [-0.1, -0.05) is 134 Å². The second-order valence-electron chi connectivity index (χ2n) is 13.1. The second kappa shape index (κ2) is 28.0. The number of benzene rings is 1. The van der Waals surface area contributed by atoms with Crippen LogP contribution in [-0.4, -0.2) is 81.5 Å². The van der Waals surface area contributed by atoms with Crippen molar-refractivity contribution < 1.29 is 52.3 Å². The van der Waals surface area contributed by atoms with Crippen molar-refractivity contribution in [1.82, 2.24) is 4.90 Å². The van der Waals surface area contributed by atoms with Gasteiger partial charge in [-0.2, -0.15) is 0 Å². The van der Waals surface area contributed by atoms with Crippen LogP contribution in [0, 0.1) is 0 Å². The maximum Gasteiger partial charge on any atom is 0.416 e. The van der Waals surface area contributed by atoms with E-state index in [1.165, 1.54) is 103 Å². The van der Waals surface area contributed by atoms with Crippen LogP contribution in [-0.2, 0) is 25.6 Å². The van der Waals surface area contributed by atoms with Crippen LogP contribution in [0.3, 0.4) is 0 Å². The van der Waals surface area contributed by atoms with E-state index < -0.39 is 12.2 Å². The normalized spacial score (nSPS) is 12.0. The molecule has 8 heteroatoms. The number of rotatable bonds is 27. The molecule has 0 saturated heterocycles. The highest BCUT2D eigenvalue weighted by atomic mass is 127. The van der Waals surface area contributed by atoms with Gasteiger partial charge < -0.3 is 42.7 Å². The average molecular weight is 733 g/mol. The first-order valence-corrected chi connectivity index (χ1v) is 17.2. The first-order chi connectivity index (χ1) is 20.7. The molecule has 0 aliphatic heterocycles. The standard InChI is InChI=1S/C36H65N2O5.HI/c1-6-7-8-9-10-11-12-13-14-15-16-17-18-19-20-24-29-41-31-35(42-30-34-25-22-21-23-26-34)32-43-36(40)37(33(2)39)27-28-38(3,4)5;/h21-23,25-26,35H,6-20,24,27-32H2,1-5H3;1H/q+1;/p-1. The number of hydrogen-bond donors (Lipinski definition) is 0. The van der Waals surface area contributed by atoms with Gasteiger partial charge in [-0.15, -0.1) is 0 Å². The topological polar surface area (TPSA) is 65.1 Å². The molecule has 0 N–H and O–H groups in total. The smallest absolute Gasteiger partial charge is 0.416 e. The Morgan fingerprint density at radius 3 is 1.73 bits per heavy atom. The zero-order chi connectivity index (χ0) is 31.6. The molecule has 256 valence electrons. The van der Waals surface area contributed by atoms with Crippen molar-refractivity contribution in [3.63, 3.8) is 0 Å². The lowest BCUT2D eigenvalue weighted by Crippen LogP contribution is -3.00. The Labute approximate surface area is 287 Å². The van der Waals surface area contributed by atoms with Crippen LogP contribution in [0.1, 0.15) is 122 Å². The van der Waals surface area contributed by atoms with Gasteiger partial charge in [0.25, 0.3) is 0 Å². The summed E-state index contributed by atoms with van der Waals surface area (Å²) in [5.41, 5.74) is 1.05. The number of ether oxygens (including phenoxy) is 3. The molecule has 0 fully saturated rings. The zero-order valence-corrected chi connectivity index (χ0v) is 31.0. The van der Waals surface area contributed by atoms with Crippen molar-refractivity contribution in [2.24, 2.45) is 0 Å². The predicted molar refractivity (Wildman–Crippen MR) is 177 cm³/mol. The molecular formula is C36H65IN2O5. The molecule has 0 aliphatic carbocycles. The molecule has 0 bridgehead atoms. The number of hydrogen-bond acceptors (Lipinski definition) is 5. The van der Waals surface area contributed by atoms with Crippen molar-refractivity contribution in [3.8, 4) is 0 Å². The van der Waals surface area contributed by atoms with Crippen molar-refractivity contribution in [2.75, 3.05) is 54.1 Å². The van der Waals surface area contributed by atoms with E-state index in [9.17, 15) is 9.59 Å². The Kier molecular flexibility index (Phi) is 27.2. The number of halogens is 1. The number of likely N-dealkylation sites (N-methyl/N-ethyl adjacent to an activating group) is 1. The summed E-state index contributed by atoms with van der Waals surface area (Å²) < 4.78 is 18.2. The summed E-state index contributed by atoms with van der Waals surface area (Å²) >= 11 is 0. The number of carbonyl (C=O) groups excluding carboxylic acids is 2. The average Bonchev–Trinajstić information content (AvgIpc) is 2.97. The van der Waals surface area contributed by atoms with E-state index in [1.54, 1.807) is 0 Å². The van der Waals surface area contributed by atoms with E-state index in [0.717, 1.165) is 16.9 Å². The summed E-state index contributed by atoms with van der Waals surface area (Å²) in [6.07, 6.45) is 20.4. The first kappa shape index (κ1) is 42.8. The van der Waals surface area contributed by atoms with E-state index >= 15 is 0 Å². The van der Waals surface area contributed by atoms with Gasteiger partial charge in [0.05, 0.1) is 47.4 Å². The van der Waals surface area contributed by atoms with Crippen LogP contribution in [0.5, 0.6) is 0 Å². The summed E-state index contributed by atoms with van der Waals surface area (Å²) in [6.45, 7) is 6.08. The molecule has 0 saturated carbocycles. The number of amides is 2. The molecular weight excluding hydrogens is 667 g/mol. The Hall–Kier alpha value is -1.23. The van der Waals surface area contributed by atoms with Crippen LogP contribution < -0.4 is 24.0 Å². The molecule has 0 aliphatic rings. The van der Waals surface area contributed by atoms with Gasteiger partial charge in [-0.25, -0.2) is 9.69 Å². The van der Waals surface area contributed by atoms with Crippen LogP contribution in [0.4, 0.5) is 4.79 Å². The Balaban J connectivity index is 0.0000185. The molecule has 1 aromatic carbocycles. The van der Waals surface area contributed by atoms with Gasteiger partial charge in [0, 0.05) is 13.5 Å². The highest BCUT2D eigenvalue weighted by Gasteiger charge is 2.24. The Morgan fingerprint density at radius 2 is 1.25 bits per heavy atom. The van der Waals surface area contributed by atoms with Gasteiger partial charge in [0.1, 0.15) is 12.7 Å². The number of quaternary nitrogens is 1. The van der Waals surface area contributed by atoms with Crippen molar-refractivity contribution in [2.45, 2.75) is 129 Å². The largest absolute Gasteiger partial charge is 1.00 e. The quantitative estimate of drug-likeness (QED) is 0.0676. The minimum Gasteiger partial charge on any atom is -1.00 e. The van der Waals surface area contributed by atoms with Crippen LogP contribution in [0.2, 0.25) is 0 Å². The summed E-state index contributed by atoms with van der Waals surface area (Å²) in [6, 6.07) is 9.92. The molecule has 1 unspecified atom stereocenters. The number of carbonyl (C=O) groups is 2. The van der Waals surface area contributed by atoms with E-state index in [-0.39, 0.29) is 36.5 Å². The van der Waals surface area contributed by atoms with Gasteiger partial charge in [-0.05, 0) is 12.0 Å². The van der Waals surface area contributed by atoms with Gasteiger partial charge in [0.15, 0.2) is 0 Å². The van der Waals surface area contributed by atoms with E-state index in [1.807, 2.05) is 51.5 Å². The third-order valence-electron chi connectivity index (χ3n) is 7.76. The molecule has 2 amide bonds. The van der Waals surface area contributed by atoms with Crippen molar-refractivity contribution in [3.05, 3.63) is 35.9 Å². The molecule has 1 rings (SSSR count). The van der Waals surface area contributed by atoms with Crippen molar-refractivity contribution in [1.29, 1.82) is 0 Å². The molecule has 0 radical (unpaired) electrons. The molecule has 0 spiro atoms.